The first-order chi connectivity index (χ1) is 10.6. The number of hydrogen-bond donors (Lipinski definition) is 0. The molecule has 2 nitrogen and oxygen atoms in total. The molecule has 0 bridgehead atoms. The van der Waals surface area contributed by atoms with Crippen molar-refractivity contribution in [1.82, 2.24) is 0 Å². The number of carbonyl (C=O) groups is 1. The summed E-state index contributed by atoms with van der Waals surface area (Å²) >= 11 is 0. The van der Waals surface area contributed by atoms with E-state index in [-0.39, 0.29) is 35.4 Å². The predicted octanol–water partition coefficient (Wildman–Crippen LogP) is 4.78. The fourth-order valence-electron chi connectivity index (χ4n) is 3.35. The van der Waals surface area contributed by atoms with Gasteiger partial charge in [-0.15, -0.1) is 0 Å². The van der Waals surface area contributed by atoms with E-state index in [0.717, 1.165) is 0 Å². The van der Waals surface area contributed by atoms with Gasteiger partial charge in [-0.05, 0) is 50.2 Å². The van der Waals surface area contributed by atoms with E-state index >= 15 is 0 Å². The summed E-state index contributed by atoms with van der Waals surface area (Å²) in [5.74, 6) is -1.48. The Morgan fingerprint density at radius 2 is 1.65 bits per heavy atom. The van der Waals surface area contributed by atoms with Crippen molar-refractivity contribution < 1.29 is 18.3 Å². The third-order valence-electron chi connectivity index (χ3n) is 5.15. The molecule has 0 heterocycles. The average molecular weight is 322 g/mol. The smallest absolute Gasteiger partial charge is 0.310 e. The van der Waals surface area contributed by atoms with E-state index in [1.165, 1.54) is 6.92 Å². The summed E-state index contributed by atoms with van der Waals surface area (Å²) in [7, 11) is 0. The Morgan fingerprint density at radius 3 is 2.13 bits per heavy atom. The van der Waals surface area contributed by atoms with Crippen molar-refractivity contribution in [2.75, 3.05) is 0 Å². The number of benzene rings is 1. The van der Waals surface area contributed by atoms with Crippen LogP contribution in [0.4, 0.5) is 8.78 Å². The third kappa shape index (κ3) is 2.91. The van der Waals surface area contributed by atoms with Gasteiger partial charge in [0.05, 0.1) is 5.92 Å². The molecule has 0 saturated heterocycles. The molecule has 1 fully saturated rings. The first-order valence-corrected chi connectivity index (χ1v) is 7.87. The van der Waals surface area contributed by atoms with Crippen LogP contribution in [0.15, 0.2) is 12.2 Å². The van der Waals surface area contributed by atoms with Gasteiger partial charge in [0, 0.05) is 11.1 Å². The van der Waals surface area contributed by atoms with Gasteiger partial charge in [0.1, 0.15) is 18.2 Å². The Hall–Kier alpha value is -1.71. The highest BCUT2D eigenvalue weighted by Crippen LogP contribution is 2.59. The zero-order chi connectivity index (χ0) is 17.5. The van der Waals surface area contributed by atoms with Crippen LogP contribution in [0.2, 0.25) is 0 Å². The maximum atomic E-state index is 14.0. The van der Waals surface area contributed by atoms with Gasteiger partial charge < -0.3 is 4.74 Å². The van der Waals surface area contributed by atoms with Gasteiger partial charge in [0.2, 0.25) is 0 Å². The predicted molar refractivity (Wildman–Crippen MR) is 85.9 cm³/mol. The second kappa shape index (κ2) is 6.06. The molecule has 0 radical (unpaired) electrons. The van der Waals surface area contributed by atoms with Gasteiger partial charge >= 0.3 is 5.97 Å². The van der Waals surface area contributed by atoms with Crippen LogP contribution in [0.1, 0.15) is 43.0 Å². The molecule has 0 aromatic heterocycles. The van der Waals surface area contributed by atoms with Gasteiger partial charge in [0.25, 0.3) is 0 Å². The van der Waals surface area contributed by atoms with Crippen LogP contribution in [0, 0.1) is 49.7 Å². The molecular formula is C19H24F2O2. The lowest BCUT2D eigenvalue weighted by Crippen LogP contribution is -2.13. The largest absolute Gasteiger partial charge is 0.461 e. The molecule has 0 unspecified atom stereocenters. The number of halogens is 2. The lowest BCUT2D eigenvalue weighted by atomic mass is 9.98. The molecule has 0 amide bonds. The summed E-state index contributed by atoms with van der Waals surface area (Å²) in [6, 6.07) is 0. The molecule has 23 heavy (non-hydrogen) atoms. The Labute approximate surface area is 136 Å². The summed E-state index contributed by atoms with van der Waals surface area (Å²) < 4.78 is 33.4. The van der Waals surface area contributed by atoms with E-state index in [9.17, 15) is 13.6 Å². The normalized spacial score (nSPS) is 22.4. The van der Waals surface area contributed by atoms with Crippen LogP contribution >= 0.6 is 0 Å². The number of hydrogen-bond acceptors (Lipinski definition) is 2. The van der Waals surface area contributed by atoms with E-state index in [0.29, 0.717) is 16.7 Å². The summed E-state index contributed by atoms with van der Waals surface area (Å²) in [6.07, 6.45) is 3.94. The van der Waals surface area contributed by atoms with Crippen molar-refractivity contribution in [2.45, 2.75) is 48.1 Å². The summed E-state index contributed by atoms with van der Waals surface area (Å²) in [5, 5.41) is 0. The Balaban J connectivity index is 2.15. The maximum absolute atomic E-state index is 14.0. The standard InChI is InChI=1S/C19H24F2O2/c1-7-8-14-15(19(14,5)6)18(22)23-9-13-10(2)16(20)12(4)17(21)11(13)3/h7-8,14-15H,9H2,1-6H3/b8-7-/t14-,15+/m1/s1. The minimum Gasteiger partial charge on any atom is -0.461 e. The number of esters is 1. The van der Waals surface area contributed by atoms with Gasteiger partial charge in [-0.3, -0.25) is 4.79 Å². The average Bonchev–Trinajstić information content (AvgIpc) is 3.04. The number of rotatable bonds is 4. The van der Waals surface area contributed by atoms with Crippen molar-refractivity contribution >= 4 is 5.97 Å². The minimum atomic E-state index is -0.572. The molecule has 1 aromatic rings. The van der Waals surface area contributed by atoms with Gasteiger partial charge in [-0.2, -0.15) is 0 Å². The monoisotopic (exact) mass is 322 g/mol. The number of carbonyl (C=O) groups excluding carboxylic acids is 1. The van der Waals surface area contributed by atoms with Crippen LogP contribution in [-0.2, 0) is 16.1 Å². The summed E-state index contributed by atoms with van der Waals surface area (Å²) in [4.78, 5) is 12.3. The Kier molecular flexibility index (Phi) is 4.65. The maximum Gasteiger partial charge on any atom is 0.310 e. The zero-order valence-corrected chi connectivity index (χ0v) is 14.6. The molecule has 1 aliphatic carbocycles. The van der Waals surface area contributed by atoms with Crippen LogP contribution in [0.25, 0.3) is 0 Å². The number of ether oxygens (including phenoxy) is 1. The molecule has 1 saturated carbocycles. The summed E-state index contributed by atoms with van der Waals surface area (Å²) in [6.45, 7) is 10.4. The topological polar surface area (TPSA) is 26.3 Å². The highest BCUT2D eigenvalue weighted by atomic mass is 19.1. The van der Waals surface area contributed by atoms with E-state index in [1.54, 1.807) is 13.8 Å². The van der Waals surface area contributed by atoms with E-state index < -0.39 is 11.6 Å². The summed E-state index contributed by atoms with van der Waals surface area (Å²) in [5.41, 5.74) is 0.979. The molecule has 0 N–H and O–H groups in total. The van der Waals surface area contributed by atoms with Gasteiger partial charge in [0.15, 0.2) is 0 Å². The van der Waals surface area contributed by atoms with Gasteiger partial charge in [-0.25, -0.2) is 8.78 Å². The molecule has 2 rings (SSSR count). The quantitative estimate of drug-likeness (QED) is 0.589. The highest BCUT2D eigenvalue weighted by molar-refractivity contribution is 5.78. The molecule has 0 spiro atoms. The Bertz CT molecular complexity index is 645. The second-order valence-corrected chi connectivity index (χ2v) is 6.94. The molecule has 126 valence electrons. The van der Waals surface area contributed by atoms with Gasteiger partial charge in [-0.1, -0.05) is 26.0 Å². The van der Waals surface area contributed by atoms with Crippen molar-refractivity contribution in [3.8, 4) is 0 Å². The first kappa shape index (κ1) is 17.6. The first-order valence-electron chi connectivity index (χ1n) is 7.87. The van der Waals surface area contributed by atoms with Crippen molar-refractivity contribution in [3.63, 3.8) is 0 Å². The molecular weight excluding hydrogens is 298 g/mol. The third-order valence-corrected chi connectivity index (χ3v) is 5.15. The lowest BCUT2D eigenvalue weighted by Gasteiger charge is -2.15. The van der Waals surface area contributed by atoms with E-state index in [1.807, 2.05) is 32.9 Å². The minimum absolute atomic E-state index is 0.00606. The highest BCUT2D eigenvalue weighted by Gasteiger charge is 2.61. The van der Waals surface area contributed by atoms with E-state index in [2.05, 4.69) is 0 Å². The Morgan fingerprint density at radius 1 is 1.13 bits per heavy atom. The van der Waals surface area contributed by atoms with E-state index in [4.69, 9.17) is 4.74 Å². The fraction of sp³-hybridized carbons (Fsp3) is 0.526. The molecule has 0 aliphatic heterocycles. The van der Waals surface area contributed by atoms with Crippen LogP contribution in [0.5, 0.6) is 0 Å². The second-order valence-electron chi connectivity index (χ2n) is 6.94. The molecule has 2 atom stereocenters. The lowest BCUT2D eigenvalue weighted by molar-refractivity contribution is -0.147. The fourth-order valence-corrected chi connectivity index (χ4v) is 3.35. The van der Waals surface area contributed by atoms with Crippen LogP contribution in [0.3, 0.4) is 0 Å². The van der Waals surface area contributed by atoms with Crippen molar-refractivity contribution in [3.05, 3.63) is 46.0 Å². The molecule has 4 heteroatoms. The van der Waals surface area contributed by atoms with Crippen molar-refractivity contribution in [2.24, 2.45) is 17.3 Å². The van der Waals surface area contributed by atoms with Crippen LogP contribution in [-0.4, -0.2) is 5.97 Å². The zero-order valence-electron chi connectivity index (χ0n) is 14.6. The molecule has 1 aromatic carbocycles. The number of allylic oxidation sites excluding steroid dienone is 2. The van der Waals surface area contributed by atoms with Crippen molar-refractivity contribution in [1.29, 1.82) is 0 Å². The van der Waals surface area contributed by atoms with Crippen LogP contribution < -0.4 is 0 Å². The molecule has 1 aliphatic rings. The SMILES string of the molecule is C/C=C\[C@@H]1[C@@H](C(=O)OCc2c(C)c(F)c(C)c(F)c2C)C1(C)C.